The molecule has 0 saturated carbocycles. The van der Waals surface area contributed by atoms with E-state index in [1.165, 1.54) is 30.4 Å². The monoisotopic (exact) mass is 444 g/mol. The fourth-order valence-corrected chi connectivity index (χ4v) is 4.59. The molecule has 6 heteroatoms. The van der Waals surface area contributed by atoms with Gasteiger partial charge in [0.2, 0.25) is 11.8 Å². The van der Waals surface area contributed by atoms with Gasteiger partial charge in [-0.15, -0.1) is 0 Å². The smallest absolute Gasteiger partial charge is 0.228 e. The zero-order valence-electron chi connectivity index (χ0n) is 19.6. The third kappa shape index (κ3) is 5.11. The number of piperidine rings is 1. The normalized spacial score (nSPS) is 16.4. The van der Waals surface area contributed by atoms with Gasteiger partial charge in [-0.1, -0.05) is 29.8 Å². The van der Waals surface area contributed by atoms with E-state index in [1.54, 1.807) is 7.11 Å². The Morgan fingerprint density at radius 2 is 1.58 bits per heavy atom. The second kappa shape index (κ2) is 9.79. The van der Waals surface area contributed by atoms with Crippen LogP contribution in [-0.2, 0) is 19.5 Å². The van der Waals surface area contributed by atoms with Gasteiger partial charge >= 0.3 is 0 Å². The number of benzene rings is 2. The van der Waals surface area contributed by atoms with E-state index in [1.807, 2.05) is 24.3 Å². The molecular formula is C27H32N4O2. The Balaban J connectivity index is 1.43. The maximum Gasteiger partial charge on any atom is 0.228 e. The first-order chi connectivity index (χ1) is 16.2. The average molecular weight is 445 g/mol. The minimum absolute atomic E-state index is 0.680. The fourth-order valence-electron chi connectivity index (χ4n) is 4.59. The molecule has 1 saturated heterocycles. The number of hydrogen-bond donors (Lipinski definition) is 0. The van der Waals surface area contributed by atoms with Crippen molar-refractivity contribution in [2.24, 2.45) is 0 Å². The predicted octanol–water partition coefficient (Wildman–Crippen LogP) is 5.13. The highest BCUT2D eigenvalue weighted by Gasteiger charge is 2.26. The lowest BCUT2D eigenvalue weighted by molar-refractivity contribution is 0.238. The zero-order valence-corrected chi connectivity index (χ0v) is 19.6. The van der Waals surface area contributed by atoms with Gasteiger partial charge in [0.15, 0.2) is 0 Å². The highest BCUT2D eigenvalue weighted by molar-refractivity contribution is 5.44. The van der Waals surface area contributed by atoms with Crippen molar-refractivity contribution in [3.63, 3.8) is 0 Å². The van der Waals surface area contributed by atoms with Gasteiger partial charge in [-0.2, -0.15) is 4.98 Å². The minimum Gasteiger partial charge on any atom is -0.497 e. The van der Waals surface area contributed by atoms with Crippen LogP contribution in [0, 0.1) is 6.92 Å². The summed E-state index contributed by atoms with van der Waals surface area (Å²) in [6.45, 7) is 6.84. The molecule has 33 heavy (non-hydrogen) atoms. The first kappa shape index (κ1) is 21.7. The summed E-state index contributed by atoms with van der Waals surface area (Å²) in [4.78, 5) is 14.7. The van der Waals surface area contributed by atoms with Crippen LogP contribution >= 0.6 is 0 Å². The molecule has 3 heterocycles. The van der Waals surface area contributed by atoms with Crippen LogP contribution in [0.1, 0.15) is 41.6 Å². The zero-order chi connectivity index (χ0) is 22.6. The van der Waals surface area contributed by atoms with Gasteiger partial charge < -0.3 is 14.4 Å². The highest BCUT2D eigenvalue weighted by atomic mass is 16.5. The molecule has 0 radical (unpaired) electrons. The van der Waals surface area contributed by atoms with E-state index in [0.29, 0.717) is 5.88 Å². The summed E-state index contributed by atoms with van der Waals surface area (Å²) in [7, 11) is 1.67. The Labute approximate surface area is 196 Å². The van der Waals surface area contributed by atoms with Crippen LogP contribution in [0.2, 0.25) is 0 Å². The summed E-state index contributed by atoms with van der Waals surface area (Å²) in [6.07, 6.45) is 4.58. The maximum absolute atomic E-state index is 6.36. The molecule has 3 aromatic rings. The molecule has 0 bridgehead atoms. The van der Waals surface area contributed by atoms with Gasteiger partial charge in [0.1, 0.15) is 11.5 Å². The minimum atomic E-state index is 0.680. The van der Waals surface area contributed by atoms with Crippen LogP contribution in [0.5, 0.6) is 17.4 Å². The van der Waals surface area contributed by atoms with Gasteiger partial charge in [0, 0.05) is 39.1 Å². The largest absolute Gasteiger partial charge is 0.497 e. The number of fused-ring (bicyclic) bond motifs is 1. The molecule has 172 valence electrons. The lowest BCUT2D eigenvalue weighted by atomic mass is 10.0. The van der Waals surface area contributed by atoms with Gasteiger partial charge in [0.05, 0.1) is 18.4 Å². The summed E-state index contributed by atoms with van der Waals surface area (Å²) in [5, 5.41) is 0. The third-order valence-electron chi connectivity index (χ3n) is 6.53. The molecule has 2 aliphatic rings. The predicted molar refractivity (Wildman–Crippen MR) is 130 cm³/mol. The lowest BCUT2D eigenvalue weighted by Gasteiger charge is -2.32. The van der Waals surface area contributed by atoms with E-state index < -0.39 is 0 Å². The van der Waals surface area contributed by atoms with Crippen molar-refractivity contribution >= 4 is 5.95 Å². The number of aromatic nitrogens is 2. The molecule has 2 aromatic carbocycles. The van der Waals surface area contributed by atoms with Crippen molar-refractivity contribution in [2.45, 2.75) is 45.7 Å². The number of nitrogens with zero attached hydrogens (tertiary/aromatic N) is 4. The molecule has 1 aromatic heterocycles. The first-order valence-corrected chi connectivity index (χ1v) is 11.9. The molecular weight excluding hydrogens is 412 g/mol. The lowest BCUT2D eigenvalue weighted by Crippen LogP contribution is -2.34. The molecule has 0 atom stereocenters. The second-order valence-corrected chi connectivity index (χ2v) is 9.03. The summed E-state index contributed by atoms with van der Waals surface area (Å²) < 4.78 is 11.7. The third-order valence-corrected chi connectivity index (χ3v) is 6.53. The van der Waals surface area contributed by atoms with Crippen LogP contribution < -0.4 is 14.4 Å². The van der Waals surface area contributed by atoms with E-state index >= 15 is 0 Å². The van der Waals surface area contributed by atoms with Crippen molar-refractivity contribution < 1.29 is 9.47 Å². The van der Waals surface area contributed by atoms with E-state index in [0.717, 1.165) is 67.8 Å². The Kier molecular flexibility index (Phi) is 6.44. The van der Waals surface area contributed by atoms with Crippen molar-refractivity contribution in [2.75, 3.05) is 31.6 Å². The van der Waals surface area contributed by atoms with Gasteiger partial charge in [-0.25, -0.2) is 4.98 Å². The summed E-state index contributed by atoms with van der Waals surface area (Å²) >= 11 is 0. The Hall–Kier alpha value is -3.12. The van der Waals surface area contributed by atoms with E-state index in [-0.39, 0.29) is 0 Å². The van der Waals surface area contributed by atoms with Crippen molar-refractivity contribution in [1.29, 1.82) is 0 Å². The molecule has 0 spiro atoms. The first-order valence-electron chi connectivity index (χ1n) is 11.9. The van der Waals surface area contributed by atoms with Crippen LogP contribution in [-0.4, -0.2) is 41.6 Å². The molecule has 0 aliphatic carbocycles. The van der Waals surface area contributed by atoms with E-state index in [2.05, 4.69) is 41.0 Å². The molecule has 2 aliphatic heterocycles. The molecule has 1 fully saturated rings. The summed E-state index contributed by atoms with van der Waals surface area (Å²) in [5.41, 5.74) is 4.84. The van der Waals surface area contributed by atoms with Crippen LogP contribution in [0.15, 0.2) is 48.5 Å². The van der Waals surface area contributed by atoms with Crippen LogP contribution in [0.25, 0.3) is 0 Å². The number of aryl methyl sites for hydroxylation is 1. The second-order valence-electron chi connectivity index (χ2n) is 9.03. The number of hydrogen-bond acceptors (Lipinski definition) is 6. The van der Waals surface area contributed by atoms with Crippen LogP contribution in [0.4, 0.5) is 5.95 Å². The summed E-state index contributed by atoms with van der Waals surface area (Å²) in [5.74, 6) is 3.06. The number of anilines is 1. The fraction of sp³-hybridized carbons (Fsp3) is 0.407. The number of ether oxygens (including phenoxy) is 2. The SMILES string of the molecule is COc1ccc(Oc2nc(N3CCCCC3)nc3c2CN(Cc2ccc(C)cc2)CC3)cc1. The summed E-state index contributed by atoms with van der Waals surface area (Å²) in [6, 6.07) is 16.5. The molecule has 5 rings (SSSR count). The van der Waals surface area contributed by atoms with E-state index in [9.17, 15) is 0 Å². The molecule has 0 unspecified atom stereocenters. The Bertz CT molecular complexity index is 1080. The number of rotatable bonds is 6. The van der Waals surface area contributed by atoms with Crippen LogP contribution in [0.3, 0.4) is 0 Å². The highest BCUT2D eigenvalue weighted by Crippen LogP contribution is 2.33. The van der Waals surface area contributed by atoms with Crippen molar-refractivity contribution in [1.82, 2.24) is 14.9 Å². The van der Waals surface area contributed by atoms with Crippen molar-refractivity contribution in [3.8, 4) is 17.4 Å². The average Bonchev–Trinajstić information content (AvgIpc) is 2.86. The maximum atomic E-state index is 6.36. The van der Waals surface area contributed by atoms with E-state index in [4.69, 9.17) is 19.4 Å². The topological polar surface area (TPSA) is 50.7 Å². The Morgan fingerprint density at radius 1 is 0.848 bits per heavy atom. The molecule has 0 N–H and O–H groups in total. The van der Waals surface area contributed by atoms with Gasteiger partial charge in [0.25, 0.3) is 0 Å². The standard InChI is InChI=1S/C27H32N4O2/c1-20-6-8-21(9-7-20)18-30-17-14-25-24(19-30)26(33-23-12-10-22(32-2)11-13-23)29-27(28-25)31-15-4-3-5-16-31/h6-13H,3-5,14-19H2,1-2H3. The number of methoxy groups -OCH3 is 1. The quantitative estimate of drug-likeness (QED) is 0.525. The van der Waals surface area contributed by atoms with Gasteiger partial charge in [-0.3, -0.25) is 4.90 Å². The Morgan fingerprint density at radius 3 is 2.30 bits per heavy atom. The molecule has 6 nitrogen and oxygen atoms in total. The van der Waals surface area contributed by atoms with Gasteiger partial charge in [-0.05, 0) is 56.0 Å². The molecule has 0 amide bonds. The van der Waals surface area contributed by atoms with Crippen molar-refractivity contribution in [3.05, 3.63) is 70.9 Å².